The van der Waals surface area contributed by atoms with E-state index < -0.39 is 17.8 Å². The van der Waals surface area contributed by atoms with E-state index in [2.05, 4.69) is 15.0 Å². The van der Waals surface area contributed by atoms with E-state index in [9.17, 15) is 0 Å². The van der Waals surface area contributed by atoms with E-state index in [-0.39, 0.29) is 0 Å². The summed E-state index contributed by atoms with van der Waals surface area (Å²) < 4.78 is 0. The van der Waals surface area contributed by atoms with Crippen LogP contribution in [0.4, 0.5) is 17.8 Å². The molecule has 0 aromatic carbocycles. The fourth-order valence-corrected chi connectivity index (χ4v) is 0.979. The molecule has 0 saturated carbocycles. The van der Waals surface area contributed by atoms with Crippen LogP contribution in [0.15, 0.2) is 0 Å². The van der Waals surface area contributed by atoms with Gasteiger partial charge in [-0.3, -0.25) is 0 Å². The molecule has 0 spiro atoms. The molecular weight excluding hydrogens is 276 g/mol. The fraction of sp³-hybridized carbons (Fsp3) is 0. The molecule has 96 valence electrons. The summed E-state index contributed by atoms with van der Waals surface area (Å²) in [5.41, 5.74) is 0. The smallest absolute Gasteiger partial charge is 0.173 e. The van der Waals surface area contributed by atoms with E-state index in [1.165, 1.54) is 37.2 Å². The van der Waals surface area contributed by atoms with Gasteiger partial charge in [0.15, 0.2) is 0 Å². The van der Waals surface area contributed by atoms with Gasteiger partial charge in [0.1, 0.15) is 0 Å². The van der Waals surface area contributed by atoms with Crippen molar-refractivity contribution in [3.8, 4) is 37.2 Å². The summed E-state index contributed by atoms with van der Waals surface area (Å²) in [6.07, 6.45) is 8.54. The fourth-order valence-electron chi connectivity index (χ4n) is 0.979. The maximum Gasteiger partial charge on any atom is 0.259 e. The summed E-state index contributed by atoms with van der Waals surface area (Å²) >= 11 is 0. The third-order valence-corrected chi connectivity index (χ3v) is 1.80. The molecule has 1 aromatic rings. The second-order valence-corrected chi connectivity index (χ2v) is 2.84. The van der Waals surface area contributed by atoms with Crippen molar-refractivity contribution >= 4 is 17.8 Å². The molecule has 0 amide bonds. The van der Waals surface area contributed by atoms with Gasteiger partial charge in [0.05, 0.1) is 0 Å². The van der Waals surface area contributed by atoms with Crippen LogP contribution < -0.4 is 14.7 Å². The Morgan fingerprint density at radius 1 is 0.476 bits per heavy atom. The summed E-state index contributed by atoms with van der Waals surface area (Å²) in [4.78, 5) is 11.7. The minimum Gasteiger partial charge on any atom is -0.173 e. The van der Waals surface area contributed by atoms with Gasteiger partial charge in [-0.2, -0.15) is 46.5 Å². The number of hydrogen-bond acceptors (Lipinski definition) is 12. The summed E-state index contributed by atoms with van der Waals surface area (Å²) in [7, 11) is 0. The zero-order valence-corrected chi connectivity index (χ0v) is 9.87. The summed E-state index contributed by atoms with van der Waals surface area (Å²) in [6.45, 7) is 0. The SMILES string of the molecule is N#CN(C#N)c1nc(N(C#N)C#N)nc(N(C#N)C#N)n1. The van der Waals surface area contributed by atoms with Gasteiger partial charge < -0.3 is 0 Å². The highest BCUT2D eigenvalue weighted by atomic mass is 15.4. The Morgan fingerprint density at radius 3 is 0.810 bits per heavy atom. The van der Waals surface area contributed by atoms with E-state index in [1.807, 2.05) is 0 Å². The second-order valence-electron chi connectivity index (χ2n) is 2.84. The van der Waals surface area contributed by atoms with Crippen LogP contribution in [-0.2, 0) is 0 Å². The largest absolute Gasteiger partial charge is 0.259 e. The zero-order valence-electron chi connectivity index (χ0n) is 9.87. The number of nitrogens with zero attached hydrogens (tertiary/aromatic N) is 12. The number of aromatic nitrogens is 3. The molecule has 0 aliphatic heterocycles. The van der Waals surface area contributed by atoms with Gasteiger partial charge in [0, 0.05) is 0 Å². The van der Waals surface area contributed by atoms with Crippen molar-refractivity contribution in [2.45, 2.75) is 0 Å². The average molecular weight is 276 g/mol. The van der Waals surface area contributed by atoms with Gasteiger partial charge in [-0.1, -0.05) is 0 Å². The second kappa shape index (κ2) is 6.33. The molecule has 12 heteroatoms. The first-order valence-corrected chi connectivity index (χ1v) is 4.70. The van der Waals surface area contributed by atoms with Gasteiger partial charge in [-0.05, 0) is 0 Å². The standard InChI is InChI=1S/C9N12/c10-1-19(2-11)7-16-8(20(3-12)4-13)18-9(17-7)21(5-14)6-15. The monoisotopic (exact) mass is 276 g/mol. The number of anilines is 3. The molecular formula is C9N12. The predicted molar refractivity (Wildman–Crippen MR) is 60.9 cm³/mol. The van der Waals surface area contributed by atoms with Gasteiger partial charge >= 0.3 is 0 Å². The van der Waals surface area contributed by atoms with E-state index in [0.717, 1.165) is 0 Å². The highest BCUT2D eigenvalue weighted by Crippen LogP contribution is 2.17. The van der Waals surface area contributed by atoms with Crippen LogP contribution >= 0.6 is 0 Å². The molecule has 0 aliphatic rings. The summed E-state index contributed by atoms with van der Waals surface area (Å²) in [5.74, 6) is -1.65. The van der Waals surface area contributed by atoms with Gasteiger partial charge in [0.25, 0.3) is 17.8 Å². The van der Waals surface area contributed by atoms with Crippen LogP contribution in [0, 0.1) is 68.7 Å². The normalized spacial score (nSPS) is 7.71. The van der Waals surface area contributed by atoms with Crippen LogP contribution in [0.2, 0.25) is 0 Å². The Bertz CT molecular complexity index is 636. The molecule has 0 unspecified atom stereocenters. The Labute approximate surface area is 117 Å². The lowest BCUT2D eigenvalue weighted by Crippen LogP contribution is -2.21. The lowest BCUT2D eigenvalue weighted by Gasteiger charge is -2.10. The van der Waals surface area contributed by atoms with Crippen LogP contribution in [0.3, 0.4) is 0 Å². The maximum absolute atomic E-state index is 8.73. The van der Waals surface area contributed by atoms with E-state index >= 15 is 0 Å². The van der Waals surface area contributed by atoms with E-state index in [1.54, 1.807) is 0 Å². The van der Waals surface area contributed by atoms with Crippen molar-refractivity contribution in [3.63, 3.8) is 0 Å². The summed E-state index contributed by atoms with van der Waals surface area (Å²) in [5, 5.41) is 52.4. The number of rotatable bonds is 3. The molecule has 1 aromatic heterocycles. The topological polar surface area (TPSA) is 191 Å². The first-order chi connectivity index (χ1) is 10.1. The number of hydrogen-bond donors (Lipinski definition) is 0. The minimum absolute atomic E-state index is 0.342. The van der Waals surface area contributed by atoms with Crippen LogP contribution in [0.5, 0.6) is 0 Å². The van der Waals surface area contributed by atoms with Crippen molar-refractivity contribution < 1.29 is 0 Å². The molecule has 0 fully saturated rings. The third kappa shape index (κ3) is 2.78. The predicted octanol–water partition coefficient (Wildman–Crippen LogP) is -0.823. The maximum atomic E-state index is 8.73. The molecule has 0 saturated heterocycles. The molecule has 21 heavy (non-hydrogen) atoms. The van der Waals surface area contributed by atoms with Crippen molar-refractivity contribution in [1.82, 2.24) is 15.0 Å². The van der Waals surface area contributed by atoms with Crippen molar-refractivity contribution in [2.24, 2.45) is 0 Å². The molecule has 1 rings (SSSR count). The molecule has 0 radical (unpaired) electrons. The first kappa shape index (κ1) is 14.4. The van der Waals surface area contributed by atoms with Gasteiger partial charge in [-0.15, -0.1) is 14.7 Å². The van der Waals surface area contributed by atoms with Crippen molar-refractivity contribution in [3.05, 3.63) is 0 Å². The first-order valence-electron chi connectivity index (χ1n) is 4.70. The average Bonchev–Trinajstić information content (AvgIpc) is 2.51. The number of nitriles is 6. The van der Waals surface area contributed by atoms with Crippen LogP contribution in [-0.4, -0.2) is 15.0 Å². The van der Waals surface area contributed by atoms with E-state index in [0.29, 0.717) is 14.7 Å². The van der Waals surface area contributed by atoms with Crippen molar-refractivity contribution in [1.29, 1.82) is 31.6 Å². The van der Waals surface area contributed by atoms with Gasteiger partial charge in [0.2, 0.25) is 37.2 Å². The lowest BCUT2D eigenvalue weighted by atomic mass is 10.7. The van der Waals surface area contributed by atoms with Crippen molar-refractivity contribution in [2.75, 3.05) is 14.7 Å². The lowest BCUT2D eigenvalue weighted by molar-refractivity contribution is 0.965. The van der Waals surface area contributed by atoms with E-state index in [4.69, 9.17) is 31.6 Å². The Balaban J connectivity index is 3.58. The molecule has 0 aliphatic carbocycles. The Hall–Kier alpha value is -4.65. The van der Waals surface area contributed by atoms with Crippen LogP contribution in [0.25, 0.3) is 0 Å². The van der Waals surface area contributed by atoms with Crippen LogP contribution in [0.1, 0.15) is 0 Å². The highest BCUT2D eigenvalue weighted by Gasteiger charge is 2.20. The molecule has 0 atom stereocenters. The molecule has 12 nitrogen and oxygen atoms in total. The third-order valence-electron chi connectivity index (χ3n) is 1.80. The quantitative estimate of drug-likeness (QED) is 0.492. The molecule has 0 N–H and O–H groups in total. The van der Waals surface area contributed by atoms with Gasteiger partial charge in [-0.25, -0.2) is 0 Å². The molecule has 0 bridgehead atoms. The molecule has 1 heterocycles. The Kier molecular flexibility index (Phi) is 4.34. The summed E-state index contributed by atoms with van der Waals surface area (Å²) in [6, 6.07) is 0. The Morgan fingerprint density at radius 2 is 0.667 bits per heavy atom. The minimum atomic E-state index is -0.550. The zero-order chi connectivity index (χ0) is 15.8. The highest BCUT2D eigenvalue weighted by molar-refractivity contribution is 5.56.